The molecule has 140 valence electrons. The van der Waals surface area contributed by atoms with Crippen molar-refractivity contribution in [3.63, 3.8) is 0 Å². The van der Waals surface area contributed by atoms with Gasteiger partial charge in [-0.2, -0.15) is 0 Å². The first-order valence-electron chi connectivity index (χ1n) is 8.90. The average molecular weight is 382 g/mol. The largest absolute Gasteiger partial charge is 0.353 e. The normalized spacial score (nSPS) is 16.0. The summed E-state index contributed by atoms with van der Waals surface area (Å²) < 4.78 is 23.3. The summed E-state index contributed by atoms with van der Waals surface area (Å²) in [5.41, 5.74) is 2.90. The van der Waals surface area contributed by atoms with E-state index >= 15 is 0 Å². The Morgan fingerprint density at radius 1 is 0.889 bits per heavy atom. The molecule has 1 aliphatic heterocycles. The second-order valence-electron chi connectivity index (χ2n) is 7.02. The predicted octanol–water partition coefficient (Wildman–Crippen LogP) is 2.45. The number of likely N-dealkylation sites (N-methyl/N-ethyl adjacent to an activating group) is 1. The summed E-state index contributed by atoms with van der Waals surface area (Å²) in [7, 11) is -1.06. The summed E-state index contributed by atoms with van der Waals surface area (Å²) in [6, 6.07) is 13.1. The zero-order chi connectivity index (χ0) is 19.0. The van der Waals surface area contributed by atoms with Gasteiger partial charge in [-0.25, -0.2) is 18.4 Å². The first kappa shape index (κ1) is 17.9. The lowest BCUT2D eigenvalue weighted by molar-refractivity contribution is 0.312. The van der Waals surface area contributed by atoms with E-state index in [0.717, 1.165) is 54.0 Å². The molecule has 0 aliphatic carbocycles. The van der Waals surface area contributed by atoms with Crippen molar-refractivity contribution in [3.05, 3.63) is 48.8 Å². The van der Waals surface area contributed by atoms with Crippen LogP contribution >= 0.6 is 0 Å². The summed E-state index contributed by atoms with van der Waals surface area (Å²) in [6.45, 7) is 3.90. The molecule has 27 heavy (non-hydrogen) atoms. The number of sulfone groups is 1. The molecule has 1 aromatic heterocycles. The Bertz CT molecular complexity index is 1070. The topological polar surface area (TPSA) is 66.4 Å². The molecular weight excluding hydrogens is 360 g/mol. The van der Waals surface area contributed by atoms with Crippen molar-refractivity contribution >= 4 is 26.6 Å². The van der Waals surface area contributed by atoms with Gasteiger partial charge < -0.3 is 9.80 Å². The van der Waals surface area contributed by atoms with Crippen LogP contribution in [0.15, 0.2) is 53.7 Å². The van der Waals surface area contributed by atoms with Gasteiger partial charge in [-0.3, -0.25) is 0 Å². The van der Waals surface area contributed by atoms with E-state index in [9.17, 15) is 8.42 Å². The number of aromatic nitrogens is 2. The fraction of sp³-hybridized carbons (Fsp3) is 0.300. The van der Waals surface area contributed by atoms with Crippen LogP contribution in [0.5, 0.6) is 0 Å². The maximum atomic E-state index is 11.7. The molecule has 0 saturated carbocycles. The van der Waals surface area contributed by atoms with Crippen molar-refractivity contribution in [2.75, 3.05) is 44.4 Å². The lowest BCUT2D eigenvalue weighted by atomic mass is 10.0. The summed E-state index contributed by atoms with van der Waals surface area (Å²) in [5, 5.41) is 1.02. The molecule has 3 aromatic rings. The molecule has 1 fully saturated rings. The molecule has 4 rings (SSSR count). The van der Waals surface area contributed by atoms with Crippen molar-refractivity contribution < 1.29 is 8.42 Å². The van der Waals surface area contributed by atoms with Gasteiger partial charge in [0, 0.05) is 37.8 Å². The molecule has 0 N–H and O–H groups in total. The molecule has 0 atom stereocenters. The van der Waals surface area contributed by atoms with Crippen LogP contribution in [0.1, 0.15) is 0 Å². The summed E-state index contributed by atoms with van der Waals surface area (Å²) in [6.07, 6.45) is 2.84. The minimum absolute atomic E-state index is 0.327. The highest BCUT2D eigenvalue weighted by atomic mass is 32.2. The smallest absolute Gasteiger partial charge is 0.175 e. The Hall–Kier alpha value is -2.51. The van der Waals surface area contributed by atoms with E-state index in [-0.39, 0.29) is 0 Å². The van der Waals surface area contributed by atoms with E-state index in [1.165, 1.54) is 6.26 Å². The molecule has 0 radical (unpaired) electrons. The standard InChI is InChI=1S/C20H22N4O2S/c1-23-9-11-24(12-10-23)20-18-13-16(5-8-19(18)21-14-22-20)15-3-6-17(7-4-15)27(2,25)26/h3-8,13-14H,9-12H2,1-2H3. The number of hydrogen-bond acceptors (Lipinski definition) is 6. The number of hydrogen-bond donors (Lipinski definition) is 0. The summed E-state index contributed by atoms with van der Waals surface area (Å²) in [5.74, 6) is 0.961. The monoisotopic (exact) mass is 382 g/mol. The summed E-state index contributed by atoms with van der Waals surface area (Å²) in [4.78, 5) is 13.9. The number of rotatable bonds is 3. The molecule has 1 saturated heterocycles. The van der Waals surface area contributed by atoms with Crippen molar-refractivity contribution in [1.82, 2.24) is 14.9 Å². The Morgan fingerprint density at radius 2 is 1.56 bits per heavy atom. The van der Waals surface area contributed by atoms with E-state index in [1.54, 1.807) is 18.5 Å². The lowest BCUT2D eigenvalue weighted by Gasteiger charge is -2.33. The van der Waals surface area contributed by atoms with Crippen LogP contribution in [0.2, 0.25) is 0 Å². The molecule has 1 aliphatic rings. The van der Waals surface area contributed by atoms with Gasteiger partial charge in [-0.15, -0.1) is 0 Å². The first-order valence-corrected chi connectivity index (χ1v) is 10.8. The Balaban J connectivity index is 1.74. The van der Waals surface area contributed by atoms with Gasteiger partial charge >= 0.3 is 0 Å². The van der Waals surface area contributed by atoms with Crippen molar-refractivity contribution in [3.8, 4) is 11.1 Å². The molecule has 7 heteroatoms. The number of fused-ring (bicyclic) bond motifs is 1. The highest BCUT2D eigenvalue weighted by molar-refractivity contribution is 7.90. The molecule has 6 nitrogen and oxygen atoms in total. The van der Waals surface area contributed by atoms with Crippen LogP contribution < -0.4 is 4.90 Å². The SMILES string of the molecule is CN1CCN(c2ncnc3ccc(-c4ccc(S(C)(=O)=O)cc4)cc23)CC1. The molecule has 0 amide bonds. The predicted molar refractivity (Wildman–Crippen MR) is 108 cm³/mol. The third kappa shape index (κ3) is 3.65. The summed E-state index contributed by atoms with van der Waals surface area (Å²) >= 11 is 0. The van der Waals surface area contributed by atoms with Crippen LogP contribution in [0.25, 0.3) is 22.0 Å². The van der Waals surface area contributed by atoms with Gasteiger partial charge in [0.25, 0.3) is 0 Å². The van der Waals surface area contributed by atoms with Crippen LogP contribution in [-0.4, -0.2) is 62.8 Å². The number of nitrogens with zero attached hydrogens (tertiary/aromatic N) is 4. The van der Waals surface area contributed by atoms with Gasteiger partial charge in [-0.05, 0) is 42.4 Å². The number of benzene rings is 2. The van der Waals surface area contributed by atoms with Gasteiger partial charge in [-0.1, -0.05) is 18.2 Å². The Kier molecular flexibility index (Phi) is 4.57. The Labute approximate surface area is 159 Å². The zero-order valence-corrected chi connectivity index (χ0v) is 16.3. The van der Waals surface area contributed by atoms with E-state index in [4.69, 9.17) is 0 Å². The van der Waals surface area contributed by atoms with Crippen LogP contribution in [-0.2, 0) is 9.84 Å². The molecule has 2 heterocycles. The van der Waals surface area contributed by atoms with Crippen LogP contribution in [0, 0.1) is 0 Å². The van der Waals surface area contributed by atoms with Crippen LogP contribution in [0.3, 0.4) is 0 Å². The molecular formula is C20H22N4O2S. The maximum absolute atomic E-state index is 11.7. The van der Waals surface area contributed by atoms with E-state index in [2.05, 4.69) is 32.9 Å². The van der Waals surface area contributed by atoms with Gasteiger partial charge in [0.2, 0.25) is 0 Å². The highest BCUT2D eigenvalue weighted by Crippen LogP contribution is 2.29. The van der Waals surface area contributed by atoms with Gasteiger partial charge in [0.05, 0.1) is 10.4 Å². The van der Waals surface area contributed by atoms with Crippen molar-refractivity contribution in [1.29, 1.82) is 0 Å². The van der Waals surface area contributed by atoms with Gasteiger partial charge in [0.15, 0.2) is 9.84 Å². The molecule has 2 aromatic carbocycles. The molecule has 0 unspecified atom stereocenters. The third-order valence-corrected chi connectivity index (χ3v) is 6.16. The quantitative estimate of drug-likeness (QED) is 0.693. The number of anilines is 1. The van der Waals surface area contributed by atoms with Crippen molar-refractivity contribution in [2.45, 2.75) is 4.90 Å². The fourth-order valence-electron chi connectivity index (χ4n) is 3.39. The second kappa shape index (κ2) is 6.90. The zero-order valence-electron chi connectivity index (χ0n) is 15.5. The minimum atomic E-state index is -3.19. The average Bonchev–Trinajstić information content (AvgIpc) is 2.67. The minimum Gasteiger partial charge on any atom is -0.353 e. The lowest BCUT2D eigenvalue weighted by Crippen LogP contribution is -2.44. The van der Waals surface area contributed by atoms with Crippen molar-refractivity contribution in [2.24, 2.45) is 0 Å². The Morgan fingerprint density at radius 3 is 2.22 bits per heavy atom. The molecule has 0 bridgehead atoms. The highest BCUT2D eigenvalue weighted by Gasteiger charge is 2.18. The van der Waals surface area contributed by atoms with Gasteiger partial charge in [0.1, 0.15) is 12.1 Å². The first-order chi connectivity index (χ1) is 12.9. The fourth-order valence-corrected chi connectivity index (χ4v) is 4.02. The van der Waals surface area contributed by atoms with E-state index in [1.807, 2.05) is 24.3 Å². The second-order valence-corrected chi connectivity index (χ2v) is 9.03. The maximum Gasteiger partial charge on any atom is 0.175 e. The van der Waals surface area contributed by atoms with E-state index in [0.29, 0.717) is 4.90 Å². The van der Waals surface area contributed by atoms with Crippen LogP contribution in [0.4, 0.5) is 5.82 Å². The number of piperazine rings is 1. The third-order valence-electron chi connectivity index (χ3n) is 5.03. The van der Waals surface area contributed by atoms with E-state index < -0.39 is 9.84 Å². The molecule has 0 spiro atoms.